The van der Waals surface area contributed by atoms with Crippen molar-refractivity contribution in [3.8, 4) is 6.07 Å². The smallest absolute Gasteiger partial charge is 0.325 e. The number of urea groups is 1. The average Bonchev–Trinajstić information content (AvgIpc) is 3.12. The Balaban J connectivity index is 1.74. The lowest BCUT2D eigenvalue weighted by molar-refractivity contribution is -0.131. The van der Waals surface area contributed by atoms with Gasteiger partial charge in [0.15, 0.2) is 5.78 Å². The van der Waals surface area contributed by atoms with Gasteiger partial charge in [-0.2, -0.15) is 5.26 Å². The van der Waals surface area contributed by atoms with Crippen LogP contribution in [0, 0.1) is 22.7 Å². The normalized spacial score (nSPS) is 17.8. The van der Waals surface area contributed by atoms with Crippen LogP contribution in [0.4, 0.5) is 4.79 Å². The Hall–Kier alpha value is -3.47. The van der Waals surface area contributed by atoms with Gasteiger partial charge in [-0.1, -0.05) is 18.2 Å². The number of benzene rings is 1. The number of nitrogens with one attached hydrogen (secondary N) is 3. The highest BCUT2D eigenvalue weighted by Gasteiger charge is 2.40. The second kappa shape index (κ2) is 6.80. The average molecular weight is 351 g/mol. The molecule has 1 aliphatic heterocycles. The highest BCUT2D eigenvalue weighted by atomic mass is 16.2. The molecule has 1 saturated heterocycles. The molecular weight excluding hydrogens is 334 g/mol. The van der Waals surface area contributed by atoms with Crippen LogP contribution in [0.1, 0.15) is 12.5 Å². The third-order valence-corrected chi connectivity index (χ3v) is 4.40. The van der Waals surface area contributed by atoms with Crippen molar-refractivity contribution < 1.29 is 14.4 Å². The fourth-order valence-corrected chi connectivity index (χ4v) is 3.04. The third kappa shape index (κ3) is 3.07. The van der Waals surface area contributed by atoms with Crippen molar-refractivity contribution in [3.05, 3.63) is 36.0 Å². The van der Waals surface area contributed by atoms with E-state index in [2.05, 4.69) is 10.3 Å². The summed E-state index contributed by atoms with van der Waals surface area (Å²) in [4.78, 5) is 40.7. The van der Waals surface area contributed by atoms with Crippen molar-refractivity contribution in [1.29, 1.82) is 10.7 Å². The zero-order valence-electron chi connectivity index (χ0n) is 14.1. The Morgan fingerprint density at radius 3 is 2.81 bits per heavy atom. The molecule has 0 spiro atoms. The summed E-state index contributed by atoms with van der Waals surface area (Å²) in [5, 5.41) is 20.0. The first kappa shape index (κ1) is 17.4. The fraction of sp³-hybridized carbons (Fsp3) is 0.278. The van der Waals surface area contributed by atoms with Crippen LogP contribution in [0.5, 0.6) is 0 Å². The fourth-order valence-electron chi connectivity index (χ4n) is 3.04. The van der Waals surface area contributed by atoms with Gasteiger partial charge >= 0.3 is 6.03 Å². The standard InChI is InChI=1S/C18H17N5O3/c1-10(20)13(7-19)16(24)9-23-17(25)15(22-18(23)26)6-11-8-21-14-5-3-2-4-12(11)14/h2-5,8,13,15,20-21H,6,9H2,1H3,(H,22,26)/t13?,15-/m0/s1. The zero-order chi connectivity index (χ0) is 18.8. The van der Waals surface area contributed by atoms with E-state index in [-0.39, 0.29) is 5.71 Å². The Kier molecular flexibility index (Phi) is 4.54. The number of imide groups is 1. The van der Waals surface area contributed by atoms with E-state index in [0.717, 1.165) is 21.4 Å². The summed E-state index contributed by atoms with van der Waals surface area (Å²) in [6.07, 6.45) is 2.09. The van der Waals surface area contributed by atoms with E-state index in [4.69, 9.17) is 10.7 Å². The van der Waals surface area contributed by atoms with Gasteiger partial charge in [0.25, 0.3) is 5.91 Å². The summed E-state index contributed by atoms with van der Waals surface area (Å²) in [5.74, 6) is -2.40. The highest BCUT2D eigenvalue weighted by molar-refractivity contribution is 6.11. The lowest BCUT2D eigenvalue weighted by Gasteiger charge is -2.14. The molecule has 3 amide bonds. The van der Waals surface area contributed by atoms with Gasteiger partial charge in [0.1, 0.15) is 12.0 Å². The van der Waals surface area contributed by atoms with E-state index >= 15 is 0 Å². The molecule has 2 aromatic rings. The number of aromatic nitrogens is 1. The number of Topliss-reactive ketones (excluding diaryl/α,β-unsaturated/α-hetero) is 1. The minimum Gasteiger partial charge on any atom is -0.361 e. The van der Waals surface area contributed by atoms with Gasteiger partial charge in [-0.05, 0) is 18.6 Å². The molecule has 0 radical (unpaired) electrons. The second-order valence-corrected chi connectivity index (χ2v) is 6.20. The number of ketones is 1. The Labute approximate surface area is 149 Å². The van der Waals surface area contributed by atoms with Crippen molar-refractivity contribution in [2.45, 2.75) is 19.4 Å². The summed E-state index contributed by atoms with van der Waals surface area (Å²) < 4.78 is 0. The maximum atomic E-state index is 12.5. The number of amides is 3. The van der Waals surface area contributed by atoms with Gasteiger partial charge in [0, 0.05) is 29.2 Å². The number of nitriles is 1. The number of hydrogen-bond acceptors (Lipinski definition) is 5. The molecule has 8 nitrogen and oxygen atoms in total. The topological polar surface area (TPSA) is 130 Å². The summed E-state index contributed by atoms with van der Waals surface area (Å²) in [5.41, 5.74) is 1.71. The molecule has 1 aliphatic rings. The number of carbonyl (C=O) groups excluding carboxylic acids is 3. The molecule has 1 aromatic heterocycles. The number of rotatable bonds is 6. The van der Waals surface area contributed by atoms with Crippen molar-refractivity contribution in [3.63, 3.8) is 0 Å². The predicted molar refractivity (Wildman–Crippen MR) is 93.5 cm³/mol. The van der Waals surface area contributed by atoms with E-state index in [0.29, 0.717) is 6.42 Å². The van der Waals surface area contributed by atoms with Crippen LogP contribution < -0.4 is 5.32 Å². The van der Waals surface area contributed by atoms with E-state index in [1.54, 1.807) is 12.3 Å². The SMILES string of the molecule is CC(=N)C(C#N)C(=O)CN1C(=O)N[C@@H](Cc2c[nH]c3ccccc23)C1=O. The lowest BCUT2D eigenvalue weighted by Crippen LogP contribution is -2.39. The van der Waals surface area contributed by atoms with Crippen LogP contribution >= 0.6 is 0 Å². The summed E-state index contributed by atoms with van der Waals surface area (Å²) in [7, 11) is 0. The second-order valence-electron chi connectivity index (χ2n) is 6.20. The van der Waals surface area contributed by atoms with E-state index in [1.807, 2.05) is 24.3 Å². The Morgan fingerprint density at radius 1 is 1.38 bits per heavy atom. The molecule has 1 fully saturated rings. The van der Waals surface area contributed by atoms with Gasteiger partial charge in [-0.25, -0.2) is 4.79 Å². The van der Waals surface area contributed by atoms with E-state index in [1.165, 1.54) is 6.92 Å². The summed E-state index contributed by atoms with van der Waals surface area (Å²) in [6, 6.07) is 7.93. The van der Waals surface area contributed by atoms with Crippen LogP contribution in [0.25, 0.3) is 10.9 Å². The molecule has 0 bridgehead atoms. The Morgan fingerprint density at radius 2 is 2.12 bits per heavy atom. The predicted octanol–water partition coefficient (Wildman–Crippen LogP) is 1.38. The maximum absolute atomic E-state index is 12.5. The van der Waals surface area contributed by atoms with Gasteiger partial charge < -0.3 is 15.7 Å². The number of H-pyrrole nitrogens is 1. The van der Waals surface area contributed by atoms with Crippen molar-refractivity contribution in [2.24, 2.45) is 5.92 Å². The first-order valence-electron chi connectivity index (χ1n) is 8.06. The number of carbonyl (C=O) groups is 3. The van der Waals surface area contributed by atoms with Crippen molar-refractivity contribution in [2.75, 3.05) is 6.54 Å². The number of para-hydroxylation sites is 1. The minimum atomic E-state index is -1.25. The molecule has 2 heterocycles. The lowest BCUT2D eigenvalue weighted by atomic mass is 10.0. The minimum absolute atomic E-state index is 0.111. The number of nitrogens with zero attached hydrogens (tertiary/aromatic N) is 2. The van der Waals surface area contributed by atoms with Crippen molar-refractivity contribution in [1.82, 2.24) is 15.2 Å². The number of aromatic amines is 1. The largest absolute Gasteiger partial charge is 0.361 e. The third-order valence-electron chi connectivity index (χ3n) is 4.40. The quantitative estimate of drug-likeness (QED) is 0.536. The molecule has 26 heavy (non-hydrogen) atoms. The van der Waals surface area contributed by atoms with E-state index < -0.39 is 36.2 Å². The van der Waals surface area contributed by atoms with Crippen molar-refractivity contribution >= 4 is 34.3 Å². The first-order chi connectivity index (χ1) is 12.4. The highest BCUT2D eigenvalue weighted by Crippen LogP contribution is 2.21. The van der Waals surface area contributed by atoms with Crippen LogP contribution in [0.15, 0.2) is 30.5 Å². The Bertz CT molecular complexity index is 955. The number of hydrogen-bond donors (Lipinski definition) is 3. The monoisotopic (exact) mass is 351 g/mol. The summed E-state index contributed by atoms with van der Waals surface area (Å²) >= 11 is 0. The zero-order valence-corrected chi connectivity index (χ0v) is 14.1. The van der Waals surface area contributed by atoms with Crippen LogP contribution in [0.2, 0.25) is 0 Å². The van der Waals surface area contributed by atoms with Gasteiger partial charge in [0.05, 0.1) is 12.6 Å². The van der Waals surface area contributed by atoms with E-state index in [9.17, 15) is 14.4 Å². The number of fused-ring (bicyclic) bond motifs is 1. The molecule has 1 unspecified atom stereocenters. The molecule has 0 aliphatic carbocycles. The summed E-state index contributed by atoms with van der Waals surface area (Å²) in [6.45, 7) is 0.834. The van der Waals surface area contributed by atoms with Gasteiger partial charge in [0.2, 0.25) is 0 Å². The molecule has 8 heteroatoms. The maximum Gasteiger partial charge on any atom is 0.325 e. The van der Waals surface area contributed by atoms with Gasteiger partial charge in [-0.15, -0.1) is 0 Å². The van der Waals surface area contributed by atoms with Crippen LogP contribution in [-0.2, 0) is 16.0 Å². The molecule has 132 valence electrons. The molecule has 1 aromatic carbocycles. The molecule has 2 atom stereocenters. The molecular formula is C18H17N5O3. The molecule has 0 saturated carbocycles. The van der Waals surface area contributed by atoms with Crippen LogP contribution in [0.3, 0.4) is 0 Å². The molecule has 3 N–H and O–H groups in total. The van der Waals surface area contributed by atoms with Crippen LogP contribution in [-0.4, -0.2) is 45.9 Å². The first-order valence-corrected chi connectivity index (χ1v) is 8.06. The molecule has 3 rings (SSSR count). The van der Waals surface area contributed by atoms with Gasteiger partial charge in [-0.3, -0.25) is 14.5 Å².